The van der Waals surface area contributed by atoms with Crippen LogP contribution < -0.4 is 4.74 Å². The molecule has 5 heteroatoms. The molecule has 0 saturated carbocycles. The van der Waals surface area contributed by atoms with Crippen LogP contribution in [0.1, 0.15) is 19.0 Å². The van der Waals surface area contributed by atoms with E-state index in [0.29, 0.717) is 12.3 Å². The average molecular weight is 255 g/mol. The predicted molar refractivity (Wildman–Crippen MR) is 68.2 cm³/mol. The van der Waals surface area contributed by atoms with E-state index in [2.05, 4.69) is 9.72 Å². The minimum atomic E-state index is -0.177. The van der Waals surface area contributed by atoms with Gasteiger partial charge in [-0.1, -0.05) is 13.0 Å². The number of ether oxygens (including phenoxy) is 2. The number of aromatic nitrogens is 1. The number of nitrogens with zero attached hydrogens (tertiary/aromatic N) is 1. The zero-order chi connectivity index (χ0) is 12.7. The Morgan fingerprint density at radius 2 is 2.24 bits per heavy atom. The van der Waals surface area contributed by atoms with Gasteiger partial charge in [-0.3, -0.25) is 4.79 Å². The van der Waals surface area contributed by atoms with Crippen LogP contribution in [0, 0.1) is 0 Å². The lowest BCUT2D eigenvalue weighted by Crippen LogP contribution is -2.08. The molecular formula is C12H17NO3S. The fraction of sp³-hybridized carbons (Fsp3) is 0.500. The van der Waals surface area contributed by atoms with Crippen molar-refractivity contribution in [3.63, 3.8) is 0 Å². The Morgan fingerprint density at radius 3 is 2.88 bits per heavy atom. The molecule has 1 aromatic rings. The normalized spacial score (nSPS) is 11.9. The average Bonchev–Trinajstić information content (AvgIpc) is 2.36. The van der Waals surface area contributed by atoms with Gasteiger partial charge in [-0.25, -0.2) is 4.98 Å². The molecule has 1 aromatic heterocycles. The summed E-state index contributed by atoms with van der Waals surface area (Å²) in [5, 5.41) is 0.218. The molecule has 0 radical (unpaired) electrons. The van der Waals surface area contributed by atoms with Gasteiger partial charge in [-0.05, 0) is 6.07 Å². The van der Waals surface area contributed by atoms with E-state index >= 15 is 0 Å². The van der Waals surface area contributed by atoms with Crippen LogP contribution in [0.2, 0.25) is 0 Å². The second-order valence-corrected chi connectivity index (χ2v) is 5.00. The van der Waals surface area contributed by atoms with Crippen LogP contribution in [0.15, 0.2) is 18.2 Å². The number of hydrogen-bond donors (Lipinski definition) is 0. The van der Waals surface area contributed by atoms with Crippen molar-refractivity contribution in [1.29, 1.82) is 0 Å². The van der Waals surface area contributed by atoms with Crippen molar-refractivity contribution in [2.75, 3.05) is 14.2 Å². The van der Waals surface area contributed by atoms with E-state index in [1.165, 1.54) is 7.11 Å². The molecule has 1 rings (SSSR count). The summed E-state index contributed by atoms with van der Waals surface area (Å²) in [4.78, 5) is 15.4. The van der Waals surface area contributed by atoms with Crippen molar-refractivity contribution >= 4 is 17.7 Å². The SMILES string of the molecule is COC(=O)CC(C)SCc1cccc(OC)n1. The van der Waals surface area contributed by atoms with Crippen LogP contribution >= 0.6 is 11.8 Å². The molecular weight excluding hydrogens is 238 g/mol. The first-order valence-electron chi connectivity index (χ1n) is 5.34. The zero-order valence-electron chi connectivity index (χ0n) is 10.3. The maximum absolute atomic E-state index is 11.1. The third kappa shape index (κ3) is 5.08. The second-order valence-electron chi connectivity index (χ2n) is 3.57. The van der Waals surface area contributed by atoms with Crippen LogP contribution in [0.4, 0.5) is 0 Å². The molecule has 0 N–H and O–H groups in total. The lowest BCUT2D eigenvalue weighted by atomic mass is 10.3. The van der Waals surface area contributed by atoms with Crippen LogP contribution in [0.3, 0.4) is 0 Å². The summed E-state index contributed by atoms with van der Waals surface area (Å²) in [7, 11) is 3.00. The Labute approximate surface area is 106 Å². The Hall–Kier alpha value is -1.23. The number of esters is 1. The highest BCUT2D eigenvalue weighted by Gasteiger charge is 2.10. The number of methoxy groups -OCH3 is 2. The fourth-order valence-corrected chi connectivity index (χ4v) is 2.13. The highest BCUT2D eigenvalue weighted by molar-refractivity contribution is 7.99. The van der Waals surface area contributed by atoms with Gasteiger partial charge in [0, 0.05) is 17.1 Å². The third-order valence-corrected chi connectivity index (χ3v) is 3.39. The van der Waals surface area contributed by atoms with Gasteiger partial charge in [0.05, 0.1) is 26.3 Å². The fourth-order valence-electron chi connectivity index (χ4n) is 1.26. The van der Waals surface area contributed by atoms with Gasteiger partial charge in [-0.2, -0.15) is 11.8 Å². The Morgan fingerprint density at radius 1 is 1.47 bits per heavy atom. The van der Waals surface area contributed by atoms with Gasteiger partial charge < -0.3 is 9.47 Å². The quantitative estimate of drug-likeness (QED) is 0.730. The van der Waals surface area contributed by atoms with Crippen molar-refractivity contribution in [3.05, 3.63) is 23.9 Å². The van der Waals surface area contributed by atoms with Gasteiger partial charge in [0.1, 0.15) is 0 Å². The standard InChI is InChI=1S/C12H17NO3S/c1-9(7-12(14)16-3)17-8-10-5-4-6-11(13-10)15-2/h4-6,9H,7-8H2,1-3H3. The zero-order valence-corrected chi connectivity index (χ0v) is 11.1. The van der Waals surface area contributed by atoms with Crippen LogP contribution in [-0.4, -0.2) is 30.4 Å². The van der Waals surface area contributed by atoms with E-state index < -0.39 is 0 Å². The van der Waals surface area contributed by atoms with Crippen molar-refractivity contribution in [3.8, 4) is 5.88 Å². The van der Waals surface area contributed by atoms with E-state index in [-0.39, 0.29) is 11.2 Å². The molecule has 1 unspecified atom stereocenters. The summed E-state index contributed by atoms with van der Waals surface area (Å²) in [6.07, 6.45) is 0.422. The van der Waals surface area contributed by atoms with Crippen molar-refractivity contribution in [2.45, 2.75) is 24.3 Å². The number of hydrogen-bond acceptors (Lipinski definition) is 5. The molecule has 1 atom stereocenters. The monoisotopic (exact) mass is 255 g/mol. The summed E-state index contributed by atoms with van der Waals surface area (Å²) in [6, 6.07) is 5.67. The lowest BCUT2D eigenvalue weighted by molar-refractivity contribution is -0.140. The van der Waals surface area contributed by atoms with Crippen LogP contribution in [-0.2, 0) is 15.3 Å². The van der Waals surface area contributed by atoms with E-state index in [9.17, 15) is 4.79 Å². The first-order valence-corrected chi connectivity index (χ1v) is 6.39. The largest absolute Gasteiger partial charge is 0.481 e. The molecule has 17 heavy (non-hydrogen) atoms. The van der Waals surface area contributed by atoms with E-state index in [4.69, 9.17) is 4.74 Å². The summed E-state index contributed by atoms with van der Waals surface area (Å²) in [5.41, 5.74) is 0.950. The van der Waals surface area contributed by atoms with Gasteiger partial charge in [0.2, 0.25) is 5.88 Å². The smallest absolute Gasteiger partial charge is 0.306 e. The van der Waals surface area contributed by atoms with Gasteiger partial charge in [0.15, 0.2) is 0 Å². The number of pyridine rings is 1. The summed E-state index contributed by atoms with van der Waals surface area (Å²) < 4.78 is 9.67. The first-order chi connectivity index (χ1) is 8.15. The maximum Gasteiger partial charge on any atom is 0.306 e. The van der Waals surface area contributed by atoms with Crippen molar-refractivity contribution in [2.24, 2.45) is 0 Å². The number of rotatable bonds is 6. The minimum absolute atomic E-state index is 0.177. The summed E-state index contributed by atoms with van der Waals surface area (Å²) in [5.74, 6) is 1.20. The van der Waals surface area contributed by atoms with Gasteiger partial charge in [-0.15, -0.1) is 0 Å². The van der Waals surface area contributed by atoms with Gasteiger partial charge in [0.25, 0.3) is 0 Å². The van der Waals surface area contributed by atoms with Crippen LogP contribution in [0.5, 0.6) is 5.88 Å². The summed E-state index contributed by atoms with van der Waals surface area (Å²) >= 11 is 1.67. The van der Waals surface area contributed by atoms with Crippen molar-refractivity contribution in [1.82, 2.24) is 4.98 Å². The molecule has 0 saturated heterocycles. The van der Waals surface area contributed by atoms with Gasteiger partial charge >= 0.3 is 5.97 Å². The molecule has 0 bridgehead atoms. The molecule has 0 aliphatic heterocycles. The second kappa shape index (κ2) is 7.17. The Balaban J connectivity index is 2.41. The maximum atomic E-state index is 11.1. The van der Waals surface area contributed by atoms with E-state index in [1.54, 1.807) is 18.9 Å². The summed E-state index contributed by atoms with van der Waals surface area (Å²) in [6.45, 7) is 2.00. The molecule has 0 fully saturated rings. The molecule has 0 aromatic carbocycles. The Kier molecular flexibility index (Phi) is 5.83. The third-order valence-electron chi connectivity index (χ3n) is 2.19. The molecule has 94 valence electrons. The molecule has 0 aliphatic rings. The van der Waals surface area contributed by atoms with E-state index in [0.717, 1.165) is 11.4 Å². The first kappa shape index (κ1) is 13.8. The predicted octanol–water partition coefficient (Wildman–Crippen LogP) is 2.28. The lowest BCUT2D eigenvalue weighted by Gasteiger charge is -2.09. The molecule has 1 heterocycles. The number of thioether (sulfide) groups is 1. The topological polar surface area (TPSA) is 48.4 Å². The molecule has 0 aliphatic carbocycles. The van der Waals surface area contributed by atoms with Crippen LogP contribution in [0.25, 0.3) is 0 Å². The highest BCUT2D eigenvalue weighted by Crippen LogP contribution is 2.20. The number of carbonyl (C=O) groups is 1. The molecule has 4 nitrogen and oxygen atoms in total. The number of carbonyl (C=O) groups excluding carboxylic acids is 1. The van der Waals surface area contributed by atoms with E-state index in [1.807, 2.05) is 25.1 Å². The Bertz CT molecular complexity index is 371. The highest BCUT2D eigenvalue weighted by atomic mass is 32.2. The minimum Gasteiger partial charge on any atom is -0.481 e. The molecule has 0 amide bonds. The van der Waals surface area contributed by atoms with Crippen molar-refractivity contribution < 1.29 is 14.3 Å². The molecule has 0 spiro atoms.